The van der Waals surface area contributed by atoms with E-state index in [-0.39, 0.29) is 6.61 Å². The van der Waals surface area contributed by atoms with Crippen LogP contribution in [0.3, 0.4) is 0 Å². The van der Waals surface area contributed by atoms with Crippen molar-refractivity contribution in [3.8, 4) is 5.69 Å². The molecule has 0 fully saturated rings. The highest BCUT2D eigenvalue weighted by atomic mass is 16.3. The number of aryl methyl sites for hydroxylation is 2. The van der Waals surface area contributed by atoms with Crippen molar-refractivity contribution in [1.82, 2.24) is 20.2 Å². The summed E-state index contributed by atoms with van der Waals surface area (Å²) in [5, 5.41) is 20.8. The highest BCUT2D eigenvalue weighted by Crippen LogP contribution is 2.13. The molecule has 5 nitrogen and oxygen atoms in total. The topological polar surface area (TPSA) is 63.8 Å². The summed E-state index contributed by atoms with van der Waals surface area (Å²) in [6, 6.07) is 6.05. The summed E-state index contributed by atoms with van der Waals surface area (Å²) < 4.78 is 0. The number of nitrogens with zero attached hydrogens (tertiary/aromatic N) is 4. The number of aromatic nitrogens is 4. The Labute approximate surface area is 93.7 Å². The second-order valence-electron chi connectivity index (χ2n) is 3.76. The number of hydrogen-bond donors (Lipinski definition) is 1. The van der Waals surface area contributed by atoms with Crippen molar-refractivity contribution in [1.29, 1.82) is 0 Å². The third-order valence-corrected chi connectivity index (χ3v) is 2.36. The molecule has 0 amide bonds. The molecule has 1 aromatic heterocycles. The molecule has 1 N–H and O–H groups in total. The van der Waals surface area contributed by atoms with Gasteiger partial charge in [-0.1, -0.05) is 17.7 Å². The predicted octanol–water partition coefficient (Wildman–Crippen LogP) is 0.814. The first-order valence-electron chi connectivity index (χ1n) is 5.18. The van der Waals surface area contributed by atoms with Gasteiger partial charge in [-0.2, -0.15) is 0 Å². The van der Waals surface area contributed by atoms with E-state index in [9.17, 15) is 0 Å². The third kappa shape index (κ3) is 2.09. The quantitative estimate of drug-likeness (QED) is 0.828. The van der Waals surface area contributed by atoms with E-state index >= 15 is 0 Å². The van der Waals surface area contributed by atoms with E-state index < -0.39 is 0 Å². The minimum absolute atomic E-state index is 0.0403. The first-order valence-corrected chi connectivity index (χ1v) is 5.18. The lowest BCUT2D eigenvalue weighted by atomic mass is 10.1. The van der Waals surface area contributed by atoms with Crippen molar-refractivity contribution in [2.45, 2.75) is 20.3 Å². The Kier molecular flexibility index (Phi) is 2.96. The van der Waals surface area contributed by atoms with Gasteiger partial charge in [0.15, 0.2) is 5.82 Å². The zero-order valence-electron chi connectivity index (χ0n) is 9.38. The van der Waals surface area contributed by atoms with E-state index in [1.807, 2.05) is 26.0 Å². The molecule has 0 bridgehead atoms. The monoisotopic (exact) mass is 218 g/mol. The zero-order valence-corrected chi connectivity index (χ0v) is 9.38. The molecule has 16 heavy (non-hydrogen) atoms. The van der Waals surface area contributed by atoms with Crippen molar-refractivity contribution >= 4 is 0 Å². The Morgan fingerprint density at radius 3 is 2.81 bits per heavy atom. The lowest BCUT2D eigenvalue weighted by Gasteiger charge is -2.03. The van der Waals surface area contributed by atoms with Gasteiger partial charge in [-0.3, -0.25) is 0 Å². The van der Waals surface area contributed by atoms with E-state index in [4.69, 9.17) is 5.11 Å². The Hall–Kier alpha value is -1.75. The minimum atomic E-state index is 0.0403. The number of benzene rings is 1. The molecule has 0 aliphatic rings. The molecule has 84 valence electrons. The Morgan fingerprint density at radius 2 is 2.12 bits per heavy atom. The highest BCUT2D eigenvalue weighted by Gasteiger charge is 2.06. The fourth-order valence-electron chi connectivity index (χ4n) is 1.58. The maximum absolute atomic E-state index is 8.77. The number of tetrazole rings is 1. The Bertz CT molecular complexity index is 492. The Balaban J connectivity index is 2.35. The van der Waals surface area contributed by atoms with Crippen molar-refractivity contribution in [3.05, 3.63) is 35.2 Å². The van der Waals surface area contributed by atoms with E-state index in [1.54, 1.807) is 0 Å². The van der Waals surface area contributed by atoms with Crippen molar-refractivity contribution in [2.24, 2.45) is 0 Å². The summed E-state index contributed by atoms with van der Waals surface area (Å²) in [7, 11) is 0. The maximum Gasteiger partial charge on any atom is 0.177 e. The van der Waals surface area contributed by atoms with Crippen LogP contribution < -0.4 is 0 Å². The van der Waals surface area contributed by atoms with Crippen molar-refractivity contribution < 1.29 is 5.11 Å². The molecule has 1 heterocycles. The first-order chi connectivity index (χ1) is 7.70. The Morgan fingerprint density at radius 1 is 1.31 bits per heavy atom. The smallest absolute Gasteiger partial charge is 0.177 e. The molecule has 0 aliphatic heterocycles. The fraction of sp³-hybridized carbons (Fsp3) is 0.364. The summed E-state index contributed by atoms with van der Waals surface area (Å²) in [5.74, 6) is 0.558. The lowest BCUT2D eigenvalue weighted by molar-refractivity contribution is 0.296. The molecule has 5 heteroatoms. The molecular weight excluding hydrogens is 204 g/mol. The number of rotatable bonds is 3. The largest absolute Gasteiger partial charge is 0.396 e. The van der Waals surface area contributed by atoms with E-state index in [0.717, 1.165) is 11.3 Å². The normalized spacial score (nSPS) is 10.7. The van der Waals surface area contributed by atoms with E-state index in [0.29, 0.717) is 12.2 Å². The minimum Gasteiger partial charge on any atom is -0.396 e. The molecule has 0 atom stereocenters. The van der Waals surface area contributed by atoms with Crippen LogP contribution in [0.1, 0.15) is 17.0 Å². The van der Waals surface area contributed by atoms with Gasteiger partial charge in [0.2, 0.25) is 0 Å². The highest BCUT2D eigenvalue weighted by molar-refractivity contribution is 5.40. The fourth-order valence-corrected chi connectivity index (χ4v) is 1.58. The van der Waals surface area contributed by atoms with Crippen LogP contribution in [0.2, 0.25) is 0 Å². The van der Waals surface area contributed by atoms with Crippen LogP contribution in [-0.4, -0.2) is 31.9 Å². The molecule has 0 unspecified atom stereocenters. The standard InChI is InChI=1S/C11H14N4O/c1-8-3-4-10(9(2)7-8)15-13-11(5-6-16)12-14-15/h3-4,7,16H,5-6H2,1-2H3. The maximum atomic E-state index is 8.77. The zero-order chi connectivity index (χ0) is 11.5. The molecule has 2 rings (SSSR count). The molecule has 0 spiro atoms. The molecular formula is C11H14N4O. The van der Waals surface area contributed by atoms with Gasteiger partial charge in [0, 0.05) is 6.42 Å². The van der Waals surface area contributed by atoms with Crippen LogP contribution in [0, 0.1) is 13.8 Å². The average molecular weight is 218 g/mol. The number of hydrogen-bond acceptors (Lipinski definition) is 4. The van der Waals surface area contributed by atoms with Crippen LogP contribution in [0.15, 0.2) is 18.2 Å². The van der Waals surface area contributed by atoms with Gasteiger partial charge in [0.05, 0.1) is 12.3 Å². The average Bonchev–Trinajstić information content (AvgIpc) is 2.67. The second-order valence-corrected chi connectivity index (χ2v) is 3.76. The van der Waals surface area contributed by atoms with Crippen LogP contribution in [-0.2, 0) is 6.42 Å². The summed E-state index contributed by atoms with van der Waals surface area (Å²) in [6.07, 6.45) is 0.435. The third-order valence-electron chi connectivity index (χ3n) is 2.36. The van der Waals surface area contributed by atoms with Gasteiger partial charge < -0.3 is 5.11 Å². The lowest BCUT2D eigenvalue weighted by Crippen LogP contribution is -2.02. The number of aliphatic hydroxyl groups is 1. The summed E-state index contributed by atoms with van der Waals surface area (Å²) >= 11 is 0. The van der Waals surface area contributed by atoms with Crippen LogP contribution >= 0.6 is 0 Å². The van der Waals surface area contributed by atoms with Gasteiger partial charge >= 0.3 is 0 Å². The van der Waals surface area contributed by atoms with Crippen LogP contribution in [0.4, 0.5) is 0 Å². The molecule has 2 aromatic rings. The first kappa shape index (κ1) is 10.8. The van der Waals surface area contributed by atoms with Crippen molar-refractivity contribution in [3.63, 3.8) is 0 Å². The molecule has 0 saturated heterocycles. The summed E-state index contributed by atoms with van der Waals surface area (Å²) in [6.45, 7) is 4.10. The van der Waals surface area contributed by atoms with E-state index in [1.165, 1.54) is 10.4 Å². The van der Waals surface area contributed by atoms with Gasteiger partial charge in [0.25, 0.3) is 0 Å². The summed E-state index contributed by atoms with van der Waals surface area (Å²) in [5.41, 5.74) is 3.23. The SMILES string of the molecule is Cc1ccc(-n2nnc(CCO)n2)c(C)c1. The summed E-state index contributed by atoms with van der Waals surface area (Å²) in [4.78, 5) is 1.50. The molecule has 0 radical (unpaired) electrons. The van der Waals surface area contributed by atoms with Crippen LogP contribution in [0.25, 0.3) is 5.69 Å². The van der Waals surface area contributed by atoms with Crippen LogP contribution in [0.5, 0.6) is 0 Å². The van der Waals surface area contributed by atoms with E-state index in [2.05, 4.69) is 21.5 Å². The molecule has 0 saturated carbocycles. The molecule has 0 aliphatic carbocycles. The second kappa shape index (κ2) is 4.40. The van der Waals surface area contributed by atoms with Gasteiger partial charge in [-0.25, -0.2) is 0 Å². The van der Waals surface area contributed by atoms with Gasteiger partial charge in [-0.15, -0.1) is 15.0 Å². The number of aliphatic hydroxyl groups excluding tert-OH is 1. The predicted molar refractivity (Wildman–Crippen MR) is 59.4 cm³/mol. The van der Waals surface area contributed by atoms with Crippen molar-refractivity contribution in [2.75, 3.05) is 6.61 Å². The molecule has 1 aromatic carbocycles. The van der Waals surface area contributed by atoms with Gasteiger partial charge in [-0.05, 0) is 30.7 Å². The van der Waals surface area contributed by atoms with Gasteiger partial charge in [0.1, 0.15) is 0 Å².